The molecule has 1 atom stereocenters. The minimum atomic E-state index is -0.241. The molecule has 0 fully saturated rings. The Morgan fingerprint density at radius 2 is 2.29 bits per heavy atom. The first-order valence-electron chi connectivity index (χ1n) is 5.39. The van der Waals surface area contributed by atoms with Crippen LogP contribution in [-0.2, 0) is 11.3 Å². The maximum absolute atomic E-state index is 12.9. The molecular formula is C12H16BrClFNO. The van der Waals surface area contributed by atoms with E-state index >= 15 is 0 Å². The minimum Gasteiger partial charge on any atom is -0.383 e. The standard InChI is InChI=1S/C12H16BrClFNO/c1-17-8-11(4-5-14)16-7-9-2-3-10(15)6-12(9)13/h2-3,6,11,16H,4-5,7-8H2,1H3. The van der Waals surface area contributed by atoms with Crippen molar-refractivity contribution in [2.45, 2.75) is 19.0 Å². The van der Waals surface area contributed by atoms with E-state index in [4.69, 9.17) is 16.3 Å². The van der Waals surface area contributed by atoms with Crippen LogP contribution in [0.15, 0.2) is 22.7 Å². The molecular weight excluding hydrogens is 308 g/mol. The monoisotopic (exact) mass is 323 g/mol. The third kappa shape index (κ3) is 5.34. The second-order valence-electron chi connectivity index (χ2n) is 3.75. The number of hydrogen-bond acceptors (Lipinski definition) is 2. The molecule has 1 N–H and O–H groups in total. The van der Waals surface area contributed by atoms with Gasteiger partial charge in [0, 0.05) is 30.0 Å². The third-order valence-electron chi connectivity index (χ3n) is 2.42. The van der Waals surface area contributed by atoms with E-state index in [0.29, 0.717) is 19.0 Å². The number of rotatable bonds is 7. The van der Waals surface area contributed by atoms with E-state index in [0.717, 1.165) is 16.5 Å². The lowest BCUT2D eigenvalue weighted by Crippen LogP contribution is -2.33. The number of benzene rings is 1. The Morgan fingerprint density at radius 3 is 2.88 bits per heavy atom. The first kappa shape index (κ1) is 14.9. The van der Waals surface area contributed by atoms with Gasteiger partial charge in [0.2, 0.25) is 0 Å². The van der Waals surface area contributed by atoms with E-state index in [-0.39, 0.29) is 11.9 Å². The summed E-state index contributed by atoms with van der Waals surface area (Å²) in [6, 6.07) is 4.89. The van der Waals surface area contributed by atoms with E-state index < -0.39 is 0 Å². The number of nitrogens with one attached hydrogen (secondary N) is 1. The largest absolute Gasteiger partial charge is 0.383 e. The molecule has 0 saturated heterocycles. The molecule has 0 saturated carbocycles. The summed E-state index contributed by atoms with van der Waals surface area (Å²) in [7, 11) is 1.66. The van der Waals surface area contributed by atoms with Crippen molar-refractivity contribution in [1.29, 1.82) is 0 Å². The highest BCUT2D eigenvalue weighted by Gasteiger charge is 2.08. The Bertz CT molecular complexity index is 345. The summed E-state index contributed by atoms with van der Waals surface area (Å²) in [4.78, 5) is 0. The highest BCUT2D eigenvalue weighted by molar-refractivity contribution is 9.10. The normalized spacial score (nSPS) is 12.7. The minimum absolute atomic E-state index is 0.217. The molecule has 1 aromatic carbocycles. The molecule has 5 heteroatoms. The molecule has 0 aliphatic rings. The van der Waals surface area contributed by atoms with Crippen LogP contribution >= 0.6 is 27.5 Å². The van der Waals surface area contributed by atoms with Crippen LogP contribution in [0, 0.1) is 5.82 Å². The molecule has 1 rings (SSSR count). The van der Waals surface area contributed by atoms with Gasteiger partial charge in [-0.15, -0.1) is 11.6 Å². The van der Waals surface area contributed by atoms with Gasteiger partial charge >= 0.3 is 0 Å². The Kier molecular flexibility index (Phi) is 7.04. The average Bonchev–Trinajstić information content (AvgIpc) is 2.28. The Morgan fingerprint density at radius 1 is 1.53 bits per heavy atom. The number of hydrogen-bond donors (Lipinski definition) is 1. The lowest BCUT2D eigenvalue weighted by atomic mass is 10.2. The summed E-state index contributed by atoms with van der Waals surface area (Å²) in [6.07, 6.45) is 0.841. The topological polar surface area (TPSA) is 21.3 Å². The maximum Gasteiger partial charge on any atom is 0.124 e. The summed E-state index contributed by atoms with van der Waals surface area (Å²) in [5.74, 6) is 0.348. The smallest absolute Gasteiger partial charge is 0.124 e. The summed E-state index contributed by atoms with van der Waals surface area (Å²) in [5, 5.41) is 3.34. The number of methoxy groups -OCH3 is 1. The van der Waals surface area contributed by atoms with Crippen LogP contribution in [0.25, 0.3) is 0 Å². The Labute approximate surface area is 115 Å². The summed E-state index contributed by atoms with van der Waals surface area (Å²) in [5.41, 5.74) is 1.02. The number of halogens is 3. The maximum atomic E-state index is 12.9. The molecule has 1 unspecified atom stereocenters. The van der Waals surface area contributed by atoms with Crippen molar-refractivity contribution in [3.8, 4) is 0 Å². The zero-order valence-corrected chi connectivity index (χ0v) is 12.0. The lowest BCUT2D eigenvalue weighted by molar-refractivity contribution is 0.164. The van der Waals surface area contributed by atoms with E-state index in [2.05, 4.69) is 21.2 Å². The quantitative estimate of drug-likeness (QED) is 0.777. The predicted octanol–water partition coefficient (Wildman–Crippen LogP) is 3.32. The van der Waals surface area contributed by atoms with Gasteiger partial charge in [-0.05, 0) is 24.1 Å². The fraction of sp³-hybridized carbons (Fsp3) is 0.500. The van der Waals surface area contributed by atoms with Gasteiger partial charge in [-0.25, -0.2) is 4.39 Å². The SMILES string of the molecule is COCC(CCCl)NCc1ccc(F)cc1Br. The number of alkyl halides is 1. The third-order valence-corrected chi connectivity index (χ3v) is 3.38. The molecule has 1 aromatic rings. The van der Waals surface area contributed by atoms with Gasteiger partial charge in [0.15, 0.2) is 0 Å². The molecule has 0 aromatic heterocycles. The average molecular weight is 325 g/mol. The molecule has 0 heterocycles. The van der Waals surface area contributed by atoms with E-state index in [1.54, 1.807) is 13.2 Å². The van der Waals surface area contributed by atoms with Crippen LogP contribution in [0.3, 0.4) is 0 Å². The van der Waals surface area contributed by atoms with Gasteiger partial charge in [-0.2, -0.15) is 0 Å². The Balaban J connectivity index is 2.52. The molecule has 0 aliphatic carbocycles. The van der Waals surface area contributed by atoms with Crippen LogP contribution < -0.4 is 5.32 Å². The second-order valence-corrected chi connectivity index (χ2v) is 4.98. The van der Waals surface area contributed by atoms with Crippen molar-refractivity contribution in [3.63, 3.8) is 0 Å². The zero-order chi connectivity index (χ0) is 12.7. The molecule has 0 bridgehead atoms. The van der Waals surface area contributed by atoms with Crippen LogP contribution in [-0.4, -0.2) is 25.6 Å². The van der Waals surface area contributed by atoms with Crippen molar-refractivity contribution in [2.75, 3.05) is 19.6 Å². The van der Waals surface area contributed by atoms with E-state index in [1.165, 1.54) is 12.1 Å². The highest BCUT2D eigenvalue weighted by atomic mass is 79.9. The van der Waals surface area contributed by atoms with Gasteiger partial charge in [0.05, 0.1) is 6.61 Å². The lowest BCUT2D eigenvalue weighted by Gasteiger charge is -2.17. The fourth-order valence-electron chi connectivity index (χ4n) is 1.50. The van der Waals surface area contributed by atoms with Gasteiger partial charge in [0.1, 0.15) is 5.82 Å². The molecule has 2 nitrogen and oxygen atoms in total. The zero-order valence-electron chi connectivity index (χ0n) is 9.68. The van der Waals surface area contributed by atoms with Gasteiger partial charge in [-0.1, -0.05) is 22.0 Å². The number of ether oxygens (including phenoxy) is 1. The van der Waals surface area contributed by atoms with Crippen LogP contribution in [0.4, 0.5) is 4.39 Å². The van der Waals surface area contributed by atoms with Crippen LogP contribution in [0.5, 0.6) is 0 Å². The van der Waals surface area contributed by atoms with Gasteiger partial charge in [0.25, 0.3) is 0 Å². The van der Waals surface area contributed by atoms with Crippen molar-refractivity contribution in [1.82, 2.24) is 5.32 Å². The highest BCUT2D eigenvalue weighted by Crippen LogP contribution is 2.18. The Hall–Kier alpha value is -0.160. The molecule has 0 spiro atoms. The molecule has 96 valence electrons. The first-order chi connectivity index (χ1) is 8.17. The van der Waals surface area contributed by atoms with E-state index in [1.807, 2.05) is 0 Å². The van der Waals surface area contributed by atoms with Crippen LogP contribution in [0.1, 0.15) is 12.0 Å². The van der Waals surface area contributed by atoms with Crippen molar-refractivity contribution in [2.24, 2.45) is 0 Å². The fourth-order valence-corrected chi connectivity index (χ4v) is 2.25. The molecule has 17 heavy (non-hydrogen) atoms. The predicted molar refractivity (Wildman–Crippen MR) is 71.9 cm³/mol. The molecule has 0 radical (unpaired) electrons. The van der Waals surface area contributed by atoms with E-state index in [9.17, 15) is 4.39 Å². The van der Waals surface area contributed by atoms with Crippen LogP contribution in [0.2, 0.25) is 0 Å². The second kappa shape index (κ2) is 8.03. The molecule has 0 aliphatic heterocycles. The van der Waals surface area contributed by atoms with Gasteiger partial charge < -0.3 is 10.1 Å². The first-order valence-corrected chi connectivity index (χ1v) is 6.72. The van der Waals surface area contributed by atoms with Crippen molar-refractivity contribution < 1.29 is 9.13 Å². The summed E-state index contributed by atoms with van der Waals surface area (Å²) < 4.78 is 18.8. The van der Waals surface area contributed by atoms with Crippen molar-refractivity contribution in [3.05, 3.63) is 34.1 Å². The molecule has 0 amide bonds. The summed E-state index contributed by atoms with van der Waals surface area (Å²) in [6.45, 7) is 1.28. The van der Waals surface area contributed by atoms with Gasteiger partial charge in [-0.3, -0.25) is 0 Å². The van der Waals surface area contributed by atoms with Crippen molar-refractivity contribution >= 4 is 27.5 Å². The summed E-state index contributed by atoms with van der Waals surface area (Å²) >= 11 is 9.05.